The van der Waals surface area contributed by atoms with Gasteiger partial charge in [0.1, 0.15) is 5.58 Å². The molecule has 6 heteroatoms. The van der Waals surface area contributed by atoms with Crippen LogP contribution >= 0.6 is 22.7 Å². The molecule has 5 heterocycles. The van der Waals surface area contributed by atoms with Gasteiger partial charge in [0.25, 0.3) is 0 Å². The predicted octanol–water partition coefficient (Wildman–Crippen LogP) is 16.9. The molecule has 1 aliphatic rings. The first-order chi connectivity index (χ1) is 32.1. The number of hydrogen-bond acceptors (Lipinski definition) is 5. The van der Waals surface area contributed by atoms with Crippen LogP contribution in [-0.2, 0) is 0 Å². The van der Waals surface area contributed by atoms with Crippen LogP contribution in [-0.4, -0.2) is 16.1 Å². The number of rotatable bonds is 4. The molecule has 0 amide bonds. The average Bonchev–Trinajstić information content (AvgIpc) is 4.11. The Morgan fingerprint density at radius 2 is 1.11 bits per heavy atom. The summed E-state index contributed by atoms with van der Waals surface area (Å²) in [5.74, 6) is 0.753. The Labute approximate surface area is 381 Å². The maximum atomic E-state index is 7.08. The Hall–Kier alpha value is -7.64. The molecule has 0 N–H and O–H groups in total. The lowest BCUT2D eigenvalue weighted by molar-refractivity contribution is 0.666. The normalized spacial score (nSPS) is 17.3. The number of nitrogens with zero attached hydrogens (tertiary/aromatic N) is 3. The van der Waals surface area contributed by atoms with E-state index in [9.17, 15) is 0 Å². The summed E-state index contributed by atoms with van der Waals surface area (Å²) < 4.78 is 14.5. The van der Waals surface area contributed by atoms with Gasteiger partial charge in [-0.05, 0) is 77.9 Å². The standard InChI is InChI=1S/C59H37N3OS2/c1-34-28-30-45(38-20-12-26-52-54(38)40-18-6-10-24-50(40)64-52)60-59(61-57(34)42-21-13-27-53-55(42)41-19-7-11-25-51(41)65-53)43-29-31-47(58-56(43)39-17-5-9-23-49(39)63-58)62-46-22-8-4-16-37(46)44-32-35-14-2-3-15-36(35)33-48(44)62/h2-27,29-34H,28H2,1H3/b45-30+,60-59-,61-57+. The molecule has 65 heavy (non-hydrogen) atoms. The molecule has 4 nitrogen and oxygen atoms in total. The minimum Gasteiger partial charge on any atom is -0.454 e. The van der Waals surface area contributed by atoms with E-state index in [4.69, 9.17) is 14.4 Å². The van der Waals surface area contributed by atoms with Crippen LogP contribution in [0.5, 0.6) is 0 Å². The number of aromatic nitrogens is 1. The number of benzene rings is 9. The van der Waals surface area contributed by atoms with Gasteiger partial charge in [0.2, 0.25) is 0 Å². The third-order valence-corrected chi connectivity index (χ3v) is 15.7. The lowest BCUT2D eigenvalue weighted by Crippen LogP contribution is -2.17. The number of allylic oxidation sites excluding steroid dienone is 1. The van der Waals surface area contributed by atoms with Crippen LogP contribution in [0.1, 0.15) is 30.0 Å². The molecular weight excluding hydrogens is 831 g/mol. The predicted molar refractivity (Wildman–Crippen MR) is 279 cm³/mol. The van der Waals surface area contributed by atoms with Crippen molar-refractivity contribution in [2.75, 3.05) is 0 Å². The number of hydrogen-bond donors (Lipinski definition) is 0. The highest BCUT2D eigenvalue weighted by Crippen LogP contribution is 2.44. The molecule has 1 aliphatic heterocycles. The Balaban J connectivity index is 1.08. The van der Waals surface area contributed by atoms with E-state index in [0.717, 1.165) is 73.2 Å². The molecule has 9 aromatic carbocycles. The van der Waals surface area contributed by atoms with Crippen LogP contribution in [0.15, 0.2) is 202 Å². The third-order valence-electron chi connectivity index (χ3n) is 13.5. The van der Waals surface area contributed by atoms with Gasteiger partial charge in [-0.1, -0.05) is 134 Å². The van der Waals surface area contributed by atoms with Crippen molar-refractivity contribution < 1.29 is 4.42 Å². The Morgan fingerprint density at radius 1 is 0.492 bits per heavy atom. The number of fused-ring (bicyclic) bond motifs is 13. The molecule has 0 fully saturated rings. The van der Waals surface area contributed by atoms with E-state index in [1.54, 1.807) is 0 Å². The van der Waals surface area contributed by atoms with Gasteiger partial charge in [-0.15, -0.1) is 22.7 Å². The van der Waals surface area contributed by atoms with E-state index >= 15 is 0 Å². The van der Waals surface area contributed by atoms with Crippen LogP contribution in [0.4, 0.5) is 0 Å². The summed E-state index contributed by atoms with van der Waals surface area (Å²) in [5.41, 5.74) is 10.0. The van der Waals surface area contributed by atoms with Crippen molar-refractivity contribution in [2.24, 2.45) is 15.9 Å². The van der Waals surface area contributed by atoms with Crippen LogP contribution in [0.25, 0.3) is 106 Å². The summed E-state index contributed by atoms with van der Waals surface area (Å²) in [6.45, 7) is 2.32. The van der Waals surface area contributed by atoms with Crippen molar-refractivity contribution in [1.29, 1.82) is 0 Å². The van der Waals surface area contributed by atoms with E-state index in [1.165, 1.54) is 61.9 Å². The lowest BCUT2D eigenvalue weighted by atomic mass is 9.90. The Morgan fingerprint density at radius 3 is 1.88 bits per heavy atom. The average molecular weight is 868 g/mol. The summed E-state index contributed by atoms with van der Waals surface area (Å²) in [6.07, 6.45) is 3.14. The number of aliphatic imine (C=N–C) groups is 2. The molecule has 0 radical (unpaired) electrons. The highest BCUT2D eigenvalue weighted by atomic mass is 32.1. The fourth-order valence-electron chi connectivity index (χ4n) is 10.5. The highest BCUT2D eigenvalue weighted by molar-refractivity contribution is 7.26. The summed E-state index contributed by atoms with van der Waals surface area (Å²) >= 11 is 3.68. The fraction of sp³-hybridized carbons (Fsp3) is 0.0508. The molecule has 0 saturated carbocycles. The number of thiophene rings is 2. The van der Waals surface area contributed by atoms with Gasteiger partial charge in [-0.2, -0.15) is 0 Å². The second-order valence-corrected chi connectivity index (χ2v) is 19.4. The molecule has 4 aromatic heterocycles. The number of amidine groups is 1. The smallest absolute Gasteiger partial charge is 0.160 e. The molecule has 14 rings (SSSR count). The van der Waals surface area contributed by atoms with Crippen LogP contribution in [0, 0.1) is 5.92 Å². The van der Waals surface area contributed by atoms with Crippen molar-refractivity contribution in [3.8, 4) is 5.69 Å². The van der Waals surface area contributed by atoms with Crippen molar-refractivity contribution in [3.05, 3.63) is 205 Å². The third kappa shape index (κ3) is 5.54. The maximum Gasteiger partial charge on any atom is 0.160 e. The lowest BCUT2D eigenvalue weighted by Gasteiger charge is -2.20. The fourth-order valence-corrected chi connectivity index (χ4v) is 12.8. The summed E-state index contributed by atoms with van der Waals surface area (Å²) in [7, 11) is 0. The number of furan rings is 1. The van der Waals surface area contributed by atoms with Crippen molar-refractivity contribution >= 4 is 135 Å². The molecule has 306 valence electrons. The Kier molecular flexibility index (Phi) is 8.03. The van der Waals surface area contributed by atoms with Crippen molar-refractivity contribution in [1.82, 2.24) is 4.57 Å². The quantitative estimate of drug-likeness (QED) is 0.174. The van der Waals surface area contributed by atoms with Crippen LogP contribution in [0.2, 0.25) is 0 Å². The van der Waals surface area contributed by atoms with Crippen molar-refractivity contribution in [2.45, 2.75) is 13.3 Å². The van der Waals surface area contributed by atoms with Gasteiger partial charge >= 0.3 is 0 Å². The zero-order valence-electron chi connectivity index (χ0n) is 35.2. The van der Waals surface area contributed by atoms with Gasteiger partial charge in [0.05, 0.1) is 28.1 Å². The molecule has 13 aromatic rings. The molecule has 0 spiro atoms. The summed E-state index contributed by atoms with van der Waals surface area (Å²) in [5, 5.41) is 11.9. The monoisotopic (exact) mass is 867 g/mol. The van der Waals surface area contributed by atoms with Gasteiger partial charge in [0.15, 0.2) is 11.4 Å². The van der Waals surface area contributed by atoms with E-state index in [-0.39, 0.29) is 5.92 Å². The molecule has 0 aliphatic carbocycles. The second kappa shape index (κ2) is 14.2. The largest absolute Gasteiger partial charge is 0.454 e. The summed E-state index contributed by atoms with van der Waals surface area (Å²) in [4.78, 5) is 11.6. The molecule has 0 bridgehead atoms. The molecule has 1 unspecified atom stereocenters. The van der Waals surface area contributed by atoms with E-state index in [2.05, 4.69) is 200 Å². The first-order valence-corrected chi connectivity index (χ1v) is 23.8. The zero-order valence-corrected chi connectivity index (χ0v) is 36.9. The highest BCUT2D eigenvalue weighted by Gasteiger charge is 2.26. The Bertz CT molecular complexity index is 4250. The maximum absolute atomic E-state index is 7.08. The van der Waals surface area contributed by atoms with Crippen LogP contribution < -0.4 is 0 Å². The zero-order chi connectivity index (χ0) is 42.8. The summed E-state index contributed by atoms with van der Waals surface area (Å²) in [6, 6.07) is 65.7. The van der Waals surface area contributed by atoms with Gasteiger partial charge in [-0.3, -0.25) is 0 Å². The first kappa shape index (κ1) is 36.8. The number of para-hydroxylation sites is 2. The first-order valence-electron chi connectivity index (χ1n) is 22.2. The second-order valence-electron chi connectivity index (χ2n) is 17.2. The van der Waals surface area contributed by atoms with Gasteiger partial charge < -0.3 is 8.98 Å². The van der Waals surface area contributed by atoms with Gasteiger partial charge in [0, 0.05) is 84.5 Å². The molecule has 0 saturated heterocycles. The topological polar surface area (TPSA) is 42.8 Å². The van der Waals surface area contributed by atoms with E-state index in [0.29, 0.717) is 5.84 Å². The van der Waals surface area contributed by atoms with Crippen molar-refractivity contribution in [3.63, 3.8) is 0 Å². The minimum atomic E-state index is 0.0847. The van der Waals surface area contributed by atoms with E-state index in [1.807, 2.05) is 22.7 Å². The molecule has 1 atom stereocenters. The van der Waals surface area contributed by atoms with Crippen LogP contribution in [0.3, 0.4) is 0 Å². The minimum absolute atomic E-state index is 0.0847. The molecular formula is C59H37N3OS2. The van der Waals surface area contributed by atoms with Gasteiger partial charge in [-0.25, -0.2) is 9.98 Å². The SMILES string of the molecule is CC1C/C=C(c2cccc3sc4ccccc4c23)/N=C(c2ccc(-n3c4ccccc4c4cc5ccccc5cc43)c3oc4ccccc4c23)\N=C/1c1cccc2sc3ccccc3c12. The van der Waals surface area contributed by atoms with E-state index < -0.39 is 0 Å².